The second kappa shape index (κ2) is 8.20. The molecular formula is C20H18OS. The van der Waals surface area contributed by atoms with Crippen LogP contribution in [-0.2, 0) is 0 Å². The molecule has 1 nitrogen and oxygen atoms in total. The fourth-order valence-electron chi connectivity index (χ4n) is 1.90. The lowest BCUT2D eigenvalue weighted by Crippen LogP contribution is -2.00. The molecule has 0 aromatic heterocycles. The number of hydrogen-bond donors (Lipinski definition) is 1. The Morgan fingerprint density at radius 3 is 1.59 bits per heavy atom. The Hall–Kier alpha value is -2.32. The van der Waals surface area contributed by atoms with E-state index < -0.39 is 0 Å². The van der Waals surface area contributed by atoms with Gasteiger partial charge in [0, 0.05) is 16.0 Å². The van der Waals surface area contributed by atoms with Crippen molar-refractivity contribution in [3.05, 3.63) is 102 Å². The van der Waals surface area contributed by atoms with Crippen LogP contribution >= 0.6 is 12.6 Å². The normalized spacial score (nSPS) is 9.55. The highest BCUT2D eigenvalue weighted by atomic mass is 32.1. The Morgan fingerprint density at radius 1 is 0.682 bits per heavy atom. The summed E-state index contributed by atoms with van der Waals surface area (Å²) in [6.45, 7) is 2.08. The van der Waals surface area contributed by atoms with Gasteiger partial charge in [0.1, 0.15) is 0 Å². The van der Waals surface area contributed by atoms with E-state index in [2.05, 4.69) is 31.7 Å². The van der Waals surface area contributed by atoms with Crippen molar-refractivity contribution < 1.29 is 4.79 Å². The highest BCUT2D eigenvalue weighted by Gasteiger charge is 2.06. The third kappa shape index (κ3) is 4.90. The average Bonchev–Trinajstić information content (AvgIpc) is 2.57. The minimum Gasteiger partial charge on any atom is -0.289 e. The quantitative estimate of drug-likeness (QED) is 0.508. The van der Waals surface area contributed by atoms with E-state index in [0.717, 1.165) is 4.90 Å². The van der Waals surface area contributed by atoms with Crippen LogP contribution in [0.4, 0.5) is 0 Å². The predicted octanol–water partition coefficient (Wildman–Crippen LogP) is 5.20. The topological polar surface area (TPSA) is 17.1 Å². The monoisotopic (exact) mass is 306 g/mol. The molecular weight excluding hydrogens is 288 g/mol. The van der Waals surface area contributed by atoms with Crippen LogP contribution in [0.5, 0.6) is 0 Å². The third-order valence-corrected chi connectivity index (χ3v) is 3.40. The van der Waals surface area contributed by atoms with E-state index in [4.69, 9.17) is 0 Å². The Kier molecular flexibility index (Phi) is 5.99. The zero-order valence-corrected chi connectivity index (χ0v) is 13.3. The molecule has 0 aliphatic heterocycles. The SMILES string of the molecule is Cc1ccccc1.O=C(c1ccccc1)c1ccc(S)cc1. The first-order chi connectivity index (χ1) is 10.7. The Morgan fingerprint density at radius 2 is 1.14 bits per heavy atom. The van der Waals surface area contributed by atoms with E-state index >= 15 is 0 Å². The molecule has 0 aliphatic rings. The number of carbonyl (C=O) groups is 1. The van der Waals surface area contributed by atoms with Crippen LogP contribution < -0.4 is 0 Å². The number of ketones is 1. The summed E-state index contributed by atoms with van der Waals surface area (Å²) in [4.78, 5) is 12.8. The van der Waals surface area contributed by atoms with Gasteiger partial charge in [-0.25, -0.2) is 0 Å². The van der Waals surface area contributed by atoms with Crippen LogP contribution in [0.25, 0.3) is 0 Å². The highest BCUT2D eigenvalue weighted by Crippen LogP contribution is 2.12. The maximum absolute atomic E-state index is 11.9. The number of rotatable bonds is 2. The fraction of sp³-hybridized carbons (Fsp3) is 0.0500. The first kappa shape index (κ1) is 16.1. The van der Waals surface area contributed by atoms with Gasteiger partial charge < -0.3 is 0 Å². The van der Waals surface area contributed by atoms with Crippen LogP contribution in [0.3, 0.4) is 0 Å². The number of benzene rings is 3. The van der Waals surface area contributed by atoms with Gasteiger partial charge >= 0.3 is 0 Å². The van der Waals surface area contributed by atoms with Gasteiger partial charge in [-0.2, -0.15) is 0 Å². The molecule has 0 radical (unpaired) electrons. The van der Waals surface area contributed by atoms with Crippen LogP contribution in [0, 0.1) is 6.92 Å². The molecule has 22 heavy (non-hydrogen) atoms. The molecule has 3 aromatic carbocycles. The summed E-state index contributed by atoms with van der Waals surface area (Å²) in [5.74, 6) is 0.0453. The van der Waals surface area contributed by atoms with E-state index in [1.807, 2.05) is 60.7 Å². The van der Waals surface area contributed by atoms with Crippen LogP contribution in [-0.4, -0.2) is 5.78 Å². The van der Waals surface area contributed by atoms with E-state index in [1.165, 1.54) is 5.56 Å². The van der Waals surface area contributed by atoms with Gasteiger partial charge in [0.15, 0.2) is 5.78 Å². The third-order valence-electron chi connectivity index (χ3n) is 3.11. The van der Waals surface area contributed by atoms with Gasteiger partial charge in [0.25, 0.3) is 0 Å². The minimum atomic E-state index is 0.0453. The molecule has 0 N–H and O–H groups in total. The summed E-state index contributed by atoms with van der Waals surface area (Å²) in [5.41, 5.74) is 2.73. The molecule has 0 bridgehead atoms. The standard InChI is InChI=1S/C13H10OS.C7H8/c14-13(10-4-2-1-3-5-10)11-6-8-12(15)9-7-11;1-7-5-3-2-4-6-7/h1-9,15H;2-6H,1H3. The maximum atomic E-state index is 11.9. The Bertz CT molecular complexity index is 704. The molecule has 0 spiro atoms. The predicted molar refractivity (Wildman–Crippen MR) is 94.7 cm³/mol. The van der Waals surface area contributed by atoms with E-state index in [9.17, 15) is 4.79 Å². The molecule has 0 saturated carbocycles. The van der Waals surface area contributed by atoms with Crippen LogP contribution in [0.2, 0.25) is 0 Å². The Labute approximate surface area is 137 Å². The summed E-state index contributed by atoms with van der Waals surface area (Å²) < 4.78 is 0. The molecule has 0 fully saturated rings. The number of hydrogen-bond acceptors (Lipinski definition) is 2. The lowest BCUT2D eigenvalue weighted by Gasteiger charge is -2.00. The van der Waals surface area contributed by atoms with Crippen molar-refractivity contribution in [1.82, 2.24) is 0 Å². The summed E-state index contributed by atoms with van der Waals surface area (Å²) in [5, 5.41) is 0. The van der Waals surface area contributed by atoms with Crippen molar-refractivity contribution >= 4 is 18.4 Å². The molecule has 2 heteroatoms. The van der Waals surface area contributed by atoms with Crippen molar-refractivity contribution in [2.75, 3.05) is 0 Å². The summed E-state index contributed by atoms with van der Waals surface area (Å²) in [6, 6.07) is 26.7. The second-order valence-electron chi connectivity index (χ2n) is 4.90. The van der Waals surface area contributed by atoms with Crippen molar-refractivity contribution in [2.24, 2.45) is 0 Å². The summed E-state index contributed by atoms with van der Waals surface area (Å²) in [7, 11) is 0. The lowest BCUT2D eigenvalue weighted by molar-refractivity contribution is 0.103. The lowest BCUT2D eigenvalue weighted by atomic mass is 10.0. The van der Waals surface area contributed by atoms with Gasteiger partial charge in [-0.1, -0.05) is 66.2 Å². The van der Waals surface area contributed by atoms with Crippen molar-refractivity contribution in [3.63, 3.8) is 0 Å². The van der Waals surface area contributed by atoms with Crippen molar-refractivity contribution in [2.45, 2.75) is 11.8 Å². The molecule has 0 aliphatic carbocycles. The number of thiol groups is 1. The summed E-state index contributed by atoms with van der Waals surface area (Å²) >= 11 is 4.18. The summed E-state index contributed by atoms with van der Waals surface area (Å²) in [6.07, 6.45) is 0. The second-order valence-corrected chi connectivity index (χ2v) is 5.41. The Balaban J connectivity index is 0.000000211. The maximum Gasteiger partial charge on any atom is 0.193 e. The zero-order valence-electron chi connectivity index (χ0n) is 12.4. The molecule has 0 atom stereocenters. The minimum absolute atomic E-state index is 0.0453. The van der Waals surface area contributed by atoms with E-state index in [1.54, 1.807) is 12.1 Å². The van der Waals surface area contributed by atoms with Gasteiger partial charge in [0.05, 0.1) is 0 Å². The fourth-order valence-corrected chi connectivity index (χ4v) is 2.05. The number of aryl methyl sites for hydroxylation is 1. The number of carbonyl (C=O) groups excluding carboxylic acids is 1. The molecule has 0 unspecified atom stereocenters. The van der Waals surface area contributed by atoms with Crippen molar-refractivity contribution in [3.8, 4) is 0 Å². The molecule has 3 rings (SSSR count). The molecule has 110 valence electrons. The molecule has 0 saturated heterocycles. The average molecular weight is 306 g/mol. The van der Waals surface area contributed by atoms with Crippen LogP contribution in [0.1, 0.15) is 21.5 Å². The van der Waals surface area contributed by atoms with E-state index in [-0.39, 0.29) is 5.78 Å². The van der Waals surface area contributed by atoms with Gasteiger partial charge in [-0.15, -0.1) is 12.6 Å². The molecule has 3 aromatic rings. The first-order valence-electron chi connectivity index (χ1n) is 7.07. The van der Waals surface area contributed by atoms with Crippen LogP contribution in [0.15, 0.2) is 89.8 Å². The van der Waals surface area contributed by atoms with Gasteiger partial charge in [0.2, 0.25) is 0 Å². The molecule has 0 amide bonds. The van der Waals surface area contributed by atoms with Crippen molar-refractivity contribution in [1.29, 1.82) is 0 Å². The highest BCUT2D eigenvalue weighted by molar-refractivity contribution is 7.80. The first-order valence-corrected chi connectivity index (χ1v) is 7.52. The molecule has 0 heterocycles. The zero-order chi connectivity index (χ0) is 15.8. The van der Waals surface area contributed by atoms with Gasteiger partial charge in [-0.3, -0.25) is 4.79 Å². The smallest absolute Gasteiger partial charge is 0.193 e. The van der Waals surface area contributed by atoms with E-state index in [0.29, 0.717) is 11.1 Å². The largest absolute Gasteiger partial charge is 0.289 e. The van der Waals surface area contributed by atoms with Gasteiger partial charge in [-0.05, 0) is 31.2 Å².